The van der Waals surface area contributed by atoms with E-state index in [4.69, 9.17) is 9.47 Å². The Labute approximate surface area is 184 Å². The minimum atomic E-state index is -0.315. The minimum Gasteiger partial charge on any atom is -0.495 e. The lowest BCUT2D eigenvalue weighted by atomic mass is 10.2. The van der Waals surface area contributed by atoms with Crippen LogP contribution in [0.15, 0.2) is 90.1 Å². The Morgan fingerprint density at radius 3 is 2.32 bits per heavy atom. The van der Waals surface area contributed by atoms with Gasteiger partial charge in [0.05, 0.1) is 18.6 Å². The second-order valence-electron chi connectivity index (χ2n) is 6.61. The molecule has 0 bridgehead atoms. The van der Waals surface area contributed by atoms with Gasteiger partial charge in [0.2, 0.25) is 0 Å². The van der Waals surface area contributed by atoms with E-state index < -0.39 is 0 Å². The number of ether oxygens (including phenoxy) is 2. The molecule has 7 heteroatoms. The van der Waals surface area contributed by atoms with Crippen molar-refractivity contribution in [3.05, 3.63) is 90.5 Å². The summed E-state index contributed by atoms with van der Waals surface area (Å²) in [6.45, 7) is 0.245. The molecule has 4 rings (SSSR count). The van der Waals surface area contributed by atoms with E-state index in [9.17, 15) is 4.79 Å². The number of carbonyl (C=O) groups is 1. The summed E-state index contributed by atoms with van der Waals surface area (Å²) >= 11 is 1.28. The first kappa shape index (κ1) is 20.7. The van der Waals surface area contributed by atoms with Crippen LogP contribution in [0.4, 0.5) is 0 Å². The number of aromatic nitrogens is 3. The third-order valence-electron chi connectivity index (χ3n) is 4.55. The van der Waals surface area contributed by atoms with E-state index in [1.807, 2.05) is 89.5 Å². The smallest absolute Gasteiger partial charge is 0.316 e. The Balaban J connectivity index is 1.57. The van der Waals surface area contributed by atoms with E-state index in [0.29, 0.717) is 16.7 Å². The number of benzene rings is 3. The Morgan fingerprint density at radius 1 is 0.903 bits per heavy atom. The Kier molecular flexibility index (Phi) is 6.64. The summed E-state index contributed by atoms with van der Waals surface area (Å²) in [6.07, 6.45) is 0. The van der Waals surface area contributed by atoms with Gasteiger partial charge in [0.1, 0.15) is 12.4 Å². The topological polar surface area (TPSA) is 66.2 Å². The highest BCUT2D eigenvalue weighted by Crippen LogP contribution is 2.32. The van der Waals surface area contributed by atoms with Crippen molar-refractivity contribution in [1.29, 1.82) is 0 Å². The highest BCUT2D eigenvalue weighted by Gasteiger charge is 2.19. The van der Waals surface area contributed by atoms with E-state index in [0.717, 1.165) is 16.8 Å². The third kappa shape index (κ3) is 4.95. The van der Waals surface area contributed by atoms with Gasteiger partial charge < -0.3 is 9.47 Å². The zero-order valence-electron chi connectivity index (χ0n) is 17.0. The van der Waals surface area contributed by atoms with E-state index in [1.54, 1.807) is 7.11 Å². The quantitative estimate of drug-likeness (QED) is 0.296. The van der Waals surface area contributed by atoms with E-state index in [2.05, 4.69) is 10.2 Å². The monoisotopic (exact) mass is 431 g/mol. The Morgan fingerprint density at radius 2 is 1.58 bits per heavy atom. The molecule has 1 aromatic heterocycles. The molecule has 0 unspecified atom stereocenters. The summed E-state index contributed by atoms with van der Waals surface area (Å²) in [6, 6.07) is 27.0. The van der Waals surface area contributed by atoms with Crippen LogP contribution in [0.25, 0.3) is 17.1 Å². The molecule has 0 aliphatic heterocycles. The maximum Gasteiger partial charge on any atom is 0.316 e. The van der Waals surface area contributed by atoms with Gasteiger partial charge in [-0.25, -0.2) is 0 Å². The van der Waals surface area contributed by atoms with Gasteiger partial charge in [-0.15, -0.1) is 10.2 Å². The van der Waals surface area contributed by atoms with Gasteiger partial charge in [-0.2, -0.15) is 0 Å². The summed E-state index contributed by atoms with van der Waals surface area (Å²) < 4.78 is 12.8. The van der Waals surface area contributed by atoms with E-state index >= 15 is 0 Å². The lowest BCUT2D eigenvalue weighted by molar-refractivity contribution is -0.141. The van der Waals surface area contributed by atoms with Gasteiger partial charge in [0, 0.05) is 5.56 Å². The Bertz CT molecular complexity index is 1150. The molecular weight excluding hydrogens is 410 g/mol. The van der Waals surface area contributed by atoms with Crippen LogP contribution in [0, 0.1) is 0 Å². The van der Waals surface area contributed by atoms with Crippen molar-refractivity contribution in [3.63, 3.8) is 0 Å². The van der Waals surface area contributed by atoms with Crippen LogP contribution < -0.4 is 4.74 Å². The van der Waals surface area contributed by atoms with Crippen molar-refractivity contribution in [2.45, 2.75) is 11.8 Å². The second kappa shape index (κ2) is 9.95. The fourth-order valence-corrected chi connectivity index (χ4v) is 3.82. The zero-order chi connectivity index (χ0) is 21.5. The number of hydrogen-bond donors (Lipinski definition) is 0. The third-order valence-corrected chi connectivity index (χ3v) is 5.46. The van der Waals surface area contributed by atoms with Crippen LogP contribution in [-0.2, 0) is 16.1 Å². The first-order chi connectivity index (χ1) is 15.3. The largest absolute Gasteiger partial charge is 0.495 e. The summed E-state index contributed by atoms with van der Waals surface area (Å²) in [5.74, 6) is 1.16. The number of para-hydroxylation sites is 2. The molecule has 0 aliphatic rings. The van der Waals surface area contributed by atoms with Gasteiger partial charge in [0.15, 0.2) is 11.0 Å². The van der Waals surface area contributed by atoms with Crippen LogP contribution in [-0.4, -0.2) is 33.6 Å². The molecule has 0 amide bonds. The van der Waals surface area contributed by atoms with Gasteiger partial charge >= 0.3 is 5.97 Å². The molecule has 3 aromatic carbocycles. The lowest BCUT2D eigenvalue weighted by Crippen LogP contribution is -2.09. The number of nitrogens with zero attached hydrogens (tertiary/aromatic N) is 3. The SMILES string of the molecule is COc1ccccc1-n1c(SCC(=O)OCc2ccccc2)nnc1-c1ccccc1. The first-order valence-electron chi connectivity index (χ1n) is 9.73. The fraction of sp³-hybridized carbons (Fsp3) is 0.125. The van der Waals surface area contributed by atoms with Crippen molar-refractivity contribution in [2.75, 3.05) is 12.9 Å². The molecule has 4 aromatic rings. The first-order valence-corrected chi connectivity index (χ1v) is 10.7. The van der Waals surface area contributed by atoms with Gasteiger partial charge in [-0.05, 0) is 17.7 Å². The molecule has 0 saturated carbocycles. The number of methoxy groups -OCH3 is 1. The molecule has 0 aliphatic carbocycles. The van der Waals surface area contributed by atoms with Crippen LogP contribution in [0.3, 0.4) is 0 Å². The van der Waals surface area contributed by atoms with Crippen LogP contribution >= 0.6 is 11.8 Å². The molecule has 1 heterocycles. The average Bonchev–Trinajstić information content (AvgIpc) is 3.26. The molecule has 0 atom stereocenters. The summed E-state index contributed by atoms with van der Waals surface area (Å²) in [4.78, 5) is 12.3. The van der Waals surface area contributed by atoms with Crippen molar-refractivity contribution >= 4 is 17.7 Å². The summed E-state index contributed by atoms with van der Waals surface area (Å²) in [5, 5.41) is 9.32. The highest BCUT2D eigenvalue weighted by atomic mass is 32.2. The maximum absolute atomic E-state index is 12.3. The number of rotatable bonds is 8. The standard InChI is InChI=1S/C24H21N3O3S/c1-29-21-15-9-8-14-20(21)27-23(19-12-6-3-7-13-19)25-26-24(27)31-17-22(28)30-16-18-10-4-2-5-11-18/h2-15H,16-17H2,1H3. The van der Waals surface area contributed by atoms with Crippen LogP contribution in [0.5, 0.6) is 5.75 Å². The summed E-state index contributed by atoms with van der Waals surface area (Å²) in [7, 11) is 1.62. The number of hydrogen-bond acceptors (Lipinski definition) is 6. The lowest BCUT2D eigenvalue weighted by Gasteiger charge is -2.13. The minimum absolute atomic E-state index is 0.120. The molecular formula is C24H21N3O3S. The normalized spacial score (nSPS) is 10.6. The molecule has 31 heavy (non-hydrogen) atoms. The number of esters is 1. The molecule has 0 saturated heterocycles. The molecule has 0 N–H and O–H groups in total. The fourth-order valence-electron chi connectivity index (χ4n) is 3.07. The van der Waals surface area contributed by atoms with Crippen molar-refractivity contribution in [2.24, 2.45) is 0 Å². The number of thioether (sulfide) groups is 1. The predicted octanol–water partition coefficient (Wildman–Crippen LogP) is 4.78. The maximum atomic E-state index is 12.3. The number of carbonyl (C=O) groups excluding carboxylic acids is 1. The Hall–Kier alpha value is -3.58. The van der Waals surface area contributed by atoms with Gasteiger partial charge in [0.25, 0.3) is 0 Å². The summed E-state index contributed by atoms with van der Waals surface area (Å²) in [5.41, 5.74) is 2.66. The zero-order valence-corrected chi connectivity index (χ0v) is 17.8. The molecule has 0 fully saturated rings. The van der Waals surface area contributed by atoms with E-state index in [-0.39, 0.29) is 18.3 Å². The van der Waals surface area contributed by atoms with E-state index in [1.165, 1.54) is 11.8 Å². The average molecular weight is 432 g/mol. The predicted molar refractivity (Wildman–Crippen MR) is 120 cm³/mol. The van der Waals surface area contributed by atoms with Gasteiger partial charge in [-0.1, -0.05) is 84.6 Å². The second-order valence-corrected chi connectivity index (χ2v) is 7.56. The van der Waals surface area contributed by atoms with Crippen LogP contribution in [0.1, 0.15) is 5.56 Å². The highest BCUT2D eigenvalue weighted by molar-refractivity contribution is 7.99. The molecule has 6 nitrogen and oxygen atoms in total. The van der Waals surface area contributed by atoms with Crippen molar-refractivity contribution < 1.29 is 14.3 Å². The van der Waals surface area contributed by atoms with Gasteiger partial charge in [-0.3, -0.25) is 9.36 Å². The van der Waals surface area contributed by atoms with Crippen molar-refractivity contribution in [1.82, 2.24) is 14.8 Å². The van der Waals surface area contributed by atoms with Crippen LogP contribution in [0.2, 0.25) is 0 Å². The molecule has 156 valence electrons. The van der Waals surface area contributed by atoms with Crippen molar-refractivity contribution in [3.8, 4) is 22.8 Å². The molecule has 0 radical (unpaired) electrons. The molecule has 0 spiro atoms.